The summed E-state index contributed by atoms with van der Waals surface area (Å²) in [6, 6.07) is 11.2. The number of anilines is 1. The third kappa shape index (κ3) is 3.48. The molecule has 164 valence electrons. The number of phenols is 1. The predicted octanol–water partition coefficient (Wildman–Crippen LogP) is 5.14. The number of hydrogen-bond acceptors (Lipinski definition) is 7. The second-order valence-corrected chi connectivity index (χ2v) is 9.31. The highest BCUT2D eigenvalue weighted by Crippen LogP contribution is 2.42. The van der Waals surface area contributed by atoms with Crippen molar-refractivity contribution in [2.45, 2.75) is 44.2 Å². The van der Waals surface area contributed by atoms with Crippen molar-refractivity contribution in [2.24, 2.45) is 0 Å². The van der Waals surface area contributed by atoms with E-state index in [0.29, 0.717) is 39.9 Å². The number of fused-ring (bicyclic) bond motifs is 2. The number of aryl methyl sites for hydroxylation is 1. The molecule has 4 heterocycles. The maximum absolute atomic E-state index is 10.5. The normalized spacial score (nSPS) is 18.5. The lowest BCUT2D eigenvalue weighted by Crippen LogP contribution is -2.32. The van der Waals surface area contributed by atoms with E-state index in [2.05, 4.69) is 15.9 Å². The van der Waals surface area contributed by atoms with Gasteiger partial charge in [0.15, 0.2) is 11.5 Å². The molecule has 4 aromatic rings. The fraction of sp³-hybridized carbons (Fsp3) is 0.360. The molecule has 3 aromatic heterocycles. The summed E-state index contributed by atoms with van der Waals surface area (Å²) in [5.74, 6) is 5.23. The molecule has 1 atom stereocenters. The van der Waals surface area contributed by atoms with Crippen LogP contribution in [0.1, 0.15) is 31.6 Å². The Morgan fingerprint density at radius 1 is 1.03 bits per heavy atom. The standard InChI is InChI=1S/C25H24BN5O2/c1-15-28-22-12-23(32)18(11-24(22)33-15)19-5-6-21-20(29-19)7-8-25(30-21)31-10-9-17(13-31)26(14-27)16-3-2-4-16/h5-8,11-12,16-17,32H,2-4,9-10,13H2,1H3. The summed E-state index contributed by atoms with van der Waals surface area (Å²) in [6.45, 7) is 3.78. The highest BCUT2D eigenvalue weighted by molar-refractivity contribution is 6.70. The van der Waals surface area contributed by atoms with Gasteiger partial charge in [-0.25, -0.2) is 20.2 Å². The molecular formula is C25H24BN5O2. The van der Waals surface area contributed by atoms with Gasteiger partial charge in [0.25, 0.3) is 6.71 Å². The van der Waals surface area contributed by atoms with Crippen LogP contribution in [0.5, 0.6) is 5.75 Å². The van der Waals surface area contributed by atoms with Crippen LogP contribution >= 0.6 is 0 Å². The van der Waals surface area contributed by atoms with Gasteiger partial charge in [0, 0.05) is 37.6 Å². The Hall–Kier alpha value is -3.60. The van der Waals surface area contributed by atoms with Crippen LogP contribution in [0.15, 0.2) is 40.8 Å². The Labute approximate surface area is 192 Å². The minimum atomic E-state index is 0.119. The van der Waals surface area contributed by atoms with Gasteiger partial charge < -0.3 is 14.4 Å². The summed E-state index contributed by atoms with van der Waals surface area (Å²) < 4.78 is 5.62. The van der Waals surface area contributed by atoms with Crippen molar-refractivity contribution in [1.82, 2.24) is 15.0 Å². The minimum absolute atomic E-state index is 0.119. The molecular weight excluding hydrogens is 413 g/mol. The van der Waals surface area contributed by atoms with Crippen molar-refractivity contribution in [3.63, 3.8) is 0 Å². The zero-order valence-corrected chi connectivity index (χ0v) is 18.5. The average molecular weight is 437 g/mol. The lowest BCUT2D eigenvalue weighted by atomic mass is 9.31. The number of hydrogen-bond donors (Lipinski definition) is 1. The number of nitriles is 1. The van der Waals surface area contributed by atoms with E-state index in [0.717, 1.165) is 36.4 Å². The molecule has 1 aromatic carbocycles. The molecule has 1 N–H and O–H groups in total. The van der Waals surface area contributed by atoms with E-state index in [1.54, 1.807) is 19.1 Å². The Bertz CT molecular complexity index is 1410. The van der Waals surface area contributed by atoms with E-state index in [4.69, 9.17) is 14.4 Å². The van der Waals surface area contributed by atoms with Gasteiger partial charge in [-0.2, -0.15) is 0 Å². The van der Waals surface area contributed by atoms with Gasteiger partial charge in [0.05, 0.1) is 16.7 Å². The monoisotopic (exact) mass is 437 g/mol. The molecule has 0 radical (unpaired) electrons. The van der Waals surface area contributed by atoms with Gasteiger partial charge in [-0.3, -0.25) is 0 Å². The molecule has 0 amide bonds. The van der Waals surface area contributed by atoms with Crippen LogP contribution in [0, 0.1) is 18.2 Å². The quantitative estimate of drug-likeness (QED) is 0.441. The molecule has 2 fully saturated rings. The van der Waals surface area contributed by atoms with Crippen molar-refractivity contribution in [1.29, 1.82) is 5.26 Å². The largest absolute Gasteiger partial charge is 0.507 e. The molecule has 2 aliphatic rings. The summed E-state index contributed by atoms with van der Waals surface area (Å²) >= 11 is 0. The molecule has 1 aliphatic carbocycles. The highest BCUT2D eigenvalue weighted by Gasteiger charge is 2.40. The van der Waals surface area contributed by atoms with Crippen LogP contribution in [0.2, 0.25) is 11.6 Å². The summed E-state index contributed by atoms with van der Waals surface area (Å²) in [5, 5.41) is 20.2. The lowest BCUT2D eigenvalue weighted by molar-refractivity contribution is 0.477. The highest BCUT2D eigenvalue weighted by atomic mass is 16.3. The first-order valence-electron chi connectivity index (χ1n) is 11.6. The fourth-order valence-electron chi connectivity index (χ4n) is 5.29. The molecule has 0 bridgehead atoms. The molecule has 0 spiro atoms. The number of phenolic OH excluding ortho intramolecular Hbond substituents is 1. The first kappa shape index (κ1) is 20.0. The maximum atomic E-state index is 10.5. The Morgan fingerprint density at radius 3 is 2.64 bits per heavy atom. The number of benzene rings is 1. The number of aromatic nitrogens is 3. The summed E-state index contributed by atoms with van der Waals surface area (Å²) in [7, 11) is 0. The number of oxazole rings is 1. The van der Waals surface area contributed by atoms with Crippen molar-refractivity contribution in [2.75, 3.05) is 18.0 Å². The average Bonchev–Trinajstić information content (AvgIpc) is 3.40. The number of pyridine rings is 2. The summed E-state index contributed by atoms with van der Waals surface area (Å²) in [6.07, 6.45) is 4.73. The van der Waals surface area contributed by atoms with Crippen LogP contribution in [-0.4, -0.2) is 39.9 Å². The molecule has 1 saturated carbocycles. The molecule has 1 saturated heterocycles. The Morgan fingerprint density at radius 2 is 1.85 bits per heavy atom. The van der Waals surface area contributed by atoms with Crippen molar-refractivity contribution in [3.8, 4) is 23.0 Å². The van der Waals surface area contributed by atoms with Gasteiger partial charge in [-0.15, -0.1) is 0 Å². The lowest BCUT2D eigenvalue weighted by Gasteiger charge is -2.30. The first-order valence-corrected chi connectivity index (χ1v) is 11.6. The van der Waals surface area contributed by atoms with Gasteiger partial charge >= 0.3 is 0 Å². The number of nitrogens with zero attached hydrogens (tertiary/aromatic N) is 5. The Kier molecular flexibility index (Phi) is 4.72. The smallest absolute Gasteiger partial charge is 0.275 e. The van der Waals surface area contributed by atoms with Crippen LogP contribution in [0.25, 0.3) is 33.4 Å². The van der Waals surface area contributed by atoms with Crippen LogP contribution in [0.4, 0.5) is 5.82 Å². The number of aromatic hydroxyl groups is 1. The molecule has 7 nitrogen and oxygen atoms in total. The predicted molar refractivity (Wildman–Crippen MR) is 128 cm³/mol. The van der Waals surface area contributed by atoms with E-state index in [9.17, 15) is 10.4 Å². The SMILES string of the molecule is Cc1nc2cc(O)c(-c3ccc4nc(N5CCC(B(C#N)C6CCC6)C5)ccc4n3)cc2o1. The van der Waals surface area contributed by atoms with E-state index >= 15 is 0 Å². The molecule has 1 unspecified atom stereocenters. The van der Waals surface area contributed by atoms with Gasteiger partial charge in [-0.1, -0.05) is 19.3 Å². The van der Waals surface area contributed by atoms with Crippen LogP contribution < -0.4 is 4.90 Å². The van der Waals surface area contributed by atoms with E-state index in [1.807, 2.05) is 24.3 Å². The van der Waals surface area contributed by atoms with Gasteiger partial charge in [0.1, 0.15) is 17.1 Å². The zero-order valence-electron chi connectivity index (χ0n) is 18.5. The van der Waals surface area contributed by atoms with Crippen LogP contribution in [-0.2, 0) is 0 Å². The summed E-state index contributed by atoms with van der Waals surface area (Å²) in [5.41, 5.74) is 4.09. The fourth-order valence-corrected chi connectivity index (χ4v) is 5.29. The number of rotatable bonds is 4. The maximum Gasteiger partial charge on any atom is 0.275 e. The van der Waals surface area contributed by atoms with Crippen molar-refractivity contribution in [3.05, 3.63) is 42.3 Å². The Balaban J connectivity index is 1.27. The van der Waals surface area contributed by atoms with E-state index < -0.39 is 0 Å². The topological polar surface area (TPSA) is 99.1 Å². The second kappa shape index (κ2) is 7.77. The molecule has 6 rings (SSSR count). The third-order valence-corrected chi connectivity index (χ3v) is 7.28. The first-order chi connectivity index (χ1) is 16.1. The molecule has 33 heavy (non-hydrogen) atoms. The molecule has 1 aliphatic heterocycles. The van der Waals surface area contributed by atoms with Crippen molar-refractivity contribution >= 4 is 34.7 Å². The third-order valence-electron chi connectivity index (χ3n) is 7.28. The van der Waals surface area contributed by atoms with E-state index in [-0.39, 0.29) is 12.5 Å². The van der Waals surface area contributed by atoms with E-state index in [1.165, 1.54) is 19.3 Å². The van der Waals surface area contributed by atoms with Crippen LogP contribution in [0.3, 0.4) is 0 Å². The summed E-state index contributed by atoms with van der Waals surface area (Å²) in [4.78, 5) is 16.2. The minimum Gasteiger partial charge on any atom is -0.507 e. The zero-order chi connectivity index (χ0) is 22.5. The van der Waals surface area contributed by atoms with Crippen molar-refractivity contribution < 1.29 is 9.52 Å². The molecule has 8 heteroatoms. The van der Waals surface area contributed by atoms with Gasteiger partial charge in [-0.05, 0) is 48.4 Å². The second-order valence-electron chi connectivity index (χ2n) is 9.31. The van der Waals surface area contributed by atoms with Gasteiger partial charge in [0.2, 0.25) is 0 Å².